The van der Waals surface area contributed by atoms with E-state index in [1.807, 2.05) is 12.1 Å². The van der Waals surface area contributed by atoms with Crippen molar-refractivity contribution in [2.24, 2.45) is 17.3 Å². The Morgan fingerprint density at radius 2 is 1.87 bits per heavy atom. The molecule has 1 aromatic rings. The third-order valence-electron chi connectivity index (χ3n) is 5.50. The molecule has 3 unspecified atom stereocenters. The van der Waals surface area contributed by atoms with Crippen molar-refractivity contribution < 1.29 is 14.7 Å². The maximum Gasteiger partial charge on any atom is 0.307 e. The van der Waals surface area contributed by atoms with Crippen molar-refractivity contribution in [3.8, 4) is 0 Å². The molecule has 0 bridgehead atoms. The summed E-state index contributed by atoms with van der Waals surface area (Å²) >= 11 is 0. The molecule has 0 saturated heterocycles. The molecule has 1 saturated carbocycles. The van der Waals surface area contributed by atoms with Gasteiger partial charge in [0, 0.05) is 0 Å². The molecule has 0 spiro atoms. The van der Waals surface area contributed by atoms with Gasteiger partial charge in [-0.3, -0.25) is 9.59 Å². The molecular weight excluding hydrogens is 290 g/mol. The summed E-state index contributed by atoms with van der Waals surface area (Å²) in [6.07, 6.45) is 4.30. The lowest BCUT2D eigenvalue weighted by Crippen LogP contribution is -2.45. The van der Waals surface area contributed by atoms with Crippen LogP contribution in [0.25, 0.3) is 0 Å². The van der Waals surface area contributed by atoms with Gasteiger partial charge in [-0.05, 0) is 48.6 Å². The average molecular weight is 315 g/mol. The molecule has 0 aliphatic heterocycles. The minimum atomic E-state index is -0.849. The lowest BCUT2D eigenvalue weighted by atomic mass is 9.73. The van der Waals surface area contributed by atoms with Crippen molar-refractivity contribution in [3.05, 3.63) is 35.4 Å². The maximum atomic E-state index is 12.6. The maximum absolute atomic E-state index is 12.6. The second kappa shape index (κ2) is 5.99. The molecule has 3 atom stereocenters. The molecule has 2 aliphatic rings. The minimum absolute atomic E-state index is 0.0220. The van der Waals surface area contributed by atoms with E-state index < -0.39 is 11.9 Å². The van der Waals surface area contributed by atoms with Crippen LogP contribution in [0.15, 0.2) is 24.3 Å². The van der Waals surface area contributed by atoms with E-state index in [4.69, 9.17) is 5.11 Å². The fraction of sp³-hybridized carbons (Fsp3) is 0.579. The van der Waals surface area contributed by atoms with E-state index in [-0.39, 0.29) is 23.3 Å². The number of hydrogen-bond donors (Lipinski definition) is 2. The number of carboxylic acids is 1. The molecule has 4 heteroatoms. The van der Waals surface area contributed by atoms with Crippen LogP contribution in [0.2, 0.25) is 0 Å². The van der Waals surface area contributed by atoms with Gasteiger partial charge in [-0.15, -0.1) is 0 Å². The van der Waals surface area contributed by atoms with Gasteiger partial charge in [0.1, 0.15) is 0 Å². The largest absolute Gasteiger partial charge is 0.481 e. The number of benzene rings is 1. The SMILES string of the molecule is CC1(C)CCc2ccccc2C(NC(=O)C2CCC2C(=O)O)C1. The highest BCUT2D eigenvalue weighted by Crippen LogP contribution is 2.40. The van der Waals surface area contributed by atoms with E-state index in [1.165, 1.54) is 11.1 Å². The van der Waals surface area contributed by atoms with Crippen LogP contribution >= 0.6 is 0 Å². The Morgan fingerprint density at radius 1 is 1.17 bits per heavy atom. The molecule has 23 heavy (non-hydrogen) atoms. The topological polar surface area (TPSA) is 66.4 Å². The summed E-state index contributed by atoms with van der Waals surface area (Å²) in [5, 5.41) is 12.3. The molecule has 0 radical (unpaired) electrons. The first-order valence-electron chi connectivity index (χ1n) is 8.48. The number of fused-ring (bicyclic) bond motifs is 1. The highest BCUT2D eigenvalue weighted by Gasteiger charge is 2.42. The summed E-state index contributed by atoms with van der Waals surface area (Å²) in [5.41, 5.74) is 2.65. The van der Waals surface area contributed by atoms with Crippen molar-refractivity contribution in [3.63, 3.8) is 0 Å². The second-order valence-corrected chi connectivity index (χ2v) is 7.76. The van der Waals surface area contributed by atoms with Gasteiger partial charge in [0.15, 0.2) is 0 Å². The van der Waals surface area contributed by atoms with E-state index in [1.54, 1.807) is 0 Å². The zero-order valence-corrected chi connectivity index (χ0v) is 13.8. The molecular formula is C19H25NO3. The van der Waals surface area contributed by atoms with Gasteiger partial charge in [-0.25, -0.2) is 0 Å². The molecule has 0 aromatic heterocycles. The predicted octanol–water partition coefficient (Wildman–Crippen LogP) is 3.32. The summed E-state index contributed by atoms with van der Waals surface area (Å²) < 4.78 is 0. The van der Waals surface area contributed by atoms with E-state index in [0.29, 0.717) is 12.8 Å². The fourth-order valence-corrected chi connectivity index (χ4v) is 3.86. The lowest BCUT2D eigenvalue weighted by molar-refractivity contribution is -0.153. The number of rotatable bonds is 3. The lowest BCUT2D eigenvalue weighted by Gasteiger charge is -2.34. The van der Waals surface area contributed by atoms with Crippen molar-refractivity contribution in [2.45, 2.75) is 52.0 Å². The fourth-order valence-electron chi connectivity index (χ4n) is 3.86. The first kappa shape index (κ1) is 16.0. The first-order valence-corrected chi connectivity index (χ1v) is 8.48. The molecule has 1 aromatic carbocycles. The van der Waals surface area contributed by atoms with E-state index in [9.17, 15) is 9.59 Å². The normalized spacial score (nSPS) is 28.9. The highest BCUT2D eigenvalue weighted by molar-refractivity contribution is 5.86. The molecule has 2 N–H and O–H groups in total. The number of aliphatic carboxylic acids is 1. The van der Waals surface area contributed by atoms with Gasteiger partial charge in [0.2, 0.25) is 5.91 Å². The Morgan fingerprint density at radius 3 is 2.52 bits per heavy atom. The molecule has 4 nitrogen and oxygen atoms in total. The monoisotopic (exact) mass is 315 g/mol. The molecule has 3 rings (SSSR count). The Balaban J connectivity index is 1.80. The third kappa shape index (κ3) is 3.26. The molecule has 1 amide bonds. The van der Waals surface area contributed by atoms with Gasteiger partial charge in [-0.1, -0.05) is 38.1 Å². The van der Waals surface area contributed by atoms with Crippen LogP contribution in [0.1, 0.15) is 56.7 Å². The number of carbonyl (C=O) groups excluding carboxylic acids is 1. The summed E-state index contributed by atoms with van der Waals surface area (Å²) in [5.74, 6) is -1.82. The van der Waals surface area contributed by atoms with Crippen LogP contribution in [0.3, 0.4) is 0 Å². The quantitative estimate of drug-likeness (QED) is 0.841. The summed E-state index contributed by atoms with van der Waals surface area (Å²) in [6, 6.07) is 8.27. The van der Waals surface area contributed by atoms with E-state index in [2.05, 4.69) is 31.3 Å². The van der Waals surface area contributed by atoms with Crippen molar-refractivity contribution in [1.82, 2.24) is 5.32 Å². The van der Waals surface area contributed by atoms with Crippen LogP contribution in [-0.4, -0.2) is 17.0 Å². The van der Waals surface area contributed by atoms with Crippen LogP contribution in [0, 0.1) is 17.3 Å². The van der Waals surface area contributed by atoms with Crippen LogP contribution in [0.4, 0.5) is 0 Å². The molecule has 0 heterocycles. The zero-order chi connectivity index (χ0) is 16.6. The van der Waals surface area contributed by atoms with Gasteiger partial charge < -0.3 is 10.4 Å². The van der Waals surface area contributed by atoms with Crippen LogP contribution in [-0.2, 0) is 16.0 Å². The summed E-state index contributed by atoms with van der Waals surface area (Å²) in [7, 11) is 0. The van der Waals surface area contributed by atoms with Crippen molar-refractivity contribution in [2.75, 3.05) is 0 Å². The Kier molecular flexibility index (Phi) is 4.17. The van der Waals surface area contributed by atoms with Gasteiger partial charge in [0.25, 0.3) is 0 Å². The number of hydrogen-bond acceptors (Lipinski definition) is 2. The summed E-state index contributed by atoms with van der Waals surface area (Å²) in [6.45, 7) is 4.48. The summed E-state index contributed by atoms with van der Waals surface area (Å²) in [4.78, 5) is 23.7. The minimum Gasteiger partial charge on any atom is -0.481 e. The Bertz CT molecular complexity index is 623. The smallest absolute Gasteiger partial charge is 0.307 e. The standard InChI is InChI=1S/C19H25NO3/c1-19(2)10-9-12-5-3-4-6-13(12)16(11-19)20-17(21)14-7-8-15(14)18(22)23/h3-6,14-16H,7-11H2,1-2H3,(H,20,21)(H,22,23). The molecule has 124 valence electrons. The molecule has 1 fully saturated rings. The van der Waals surface area contributed by atoms with Gasteiger partial charge in [-0.2, -0.15) is 0 Å². The van der Waals surface area contributed by atoms with E-state index >= 15 is 0 Å². The Hall–Kier alpha value is -1.84. The van der Waals surface area contributed by atoms with Gasteiger partial charge >= 0.3 is 5.97 Å². The number of aryl methyl sites for hydroxylation is 1. The van der Waals surface area contributed by atoms with E-state index in [0.717, 1.165) is 19.3 Å². The number of amides is 1. The molecule has 2 aliphatic carbocycles. The van der Waals surface area contributed by atoms with Gasteiger partial charge in [0.05, 0.1) is 17.9 Å². The average Bonchev–Trinajstić information content (AvgIpc) is 2.54. The number of nitrogens with one attached hydrogen (secondary N) is 1. The third-order valence-corrected chi connectivity index (χ3v) is 5.50. The zero-order valence-electron chi connectivity index (χ0n) is 13.8. The predicted molar refractivity (Wildman–Crippen MR) is 87.9 cm³/mol. The Labute approximate surface area is 137 Å². The number of carboxylic acid groups (broad SMARTS) is 1. The first-order chi connectivity index (χ1) is 10.9. The highest BCUT2D eigenvalue weighted by atomic mass is 16.4. The number of carbonyl (C=O) groups is 2. The second-order valence-electron chi connectivity index (χ2n) is 7.76. The van der Waals surface area contributed by atoms with Crippen molar-refractivity contribution >= 4 is 11.9 Å². The van der Waals surface area contributed by atoms with Crippen molar-refractivity contribution in [1.29, 1.82) is 0 Å². The van der Waals surface area contributed by atoms with Crippen LogP contribution in [0.5, 0.6) is 0 Å². The van der Waals surface area contributed by atoms with Crippen LogP contribution < -0.4 is 5.32 Å².